The molecule has 1 heterocycles. The van der Waals surface area contributed by atoms with Gasteiger partial charge in [-0.1, -0.05) is 15.9 Å². The van der Waals surface area contributed by atoms with Crippen molar-refractivity contribution in [2.24, 2.45) is 0 Å². The van der Waals surface area contributed by atoms with E-state index in [4.69, 9.17) is 4.74 Å². The lowest BCUT2D eigenvalue weighted by atomic mass is 10.1. The maximum Gasteiger partial charge on any atom is 0.410 e. The van der Waals surface area contributed by atoms with E-state index < -0.39 is 15.6 Å². The molecular formula is C17H25BrN2O4S. The summed E-state index contributed by atoms with van der Waals surface area (Å²) in [5, 5.41) is 0. The zero-order chi connectivity index (χ0) is 18.8. The Bertz CT molecular complexity index is 705. The van der Waals surface area contributed by atoms with Crippen LogP contribution in [-0.4, -0.2) is 55.5 Å². The van der Waals surface area contributed by atoms with Crippen molar-refractivity contribution in [3.8, 4) is 0 Å². The number of halogens is 1. The molecule has 1 aliphatic heterocycles. The monoisotopic (exact) mass is 432 g/mol. The predicted octanol–water partition coefficient (Wildman–Crippen LogP) is 3.47. The minimum absolute atomic E-state index is 0.132. The summed E-state index contributed by atoms with van der Waals surface area (Å²) in [5.74, 6) is 0. The lowest BCUT2D eigenvalue weighted by Gasteiger charge is -2.36. The molecule has 0 radical (unpaired) electrons. The first kappa shape index (κ1) is 20.2. The van der Waals surface area contributed by atoms with E-state index in [9.17, 15) is 13.2 Å². The van der Waals surface area contributed by atoms with Gasteiger partial charge in [0, 0.05) is 30.7 Å². The Morgan fingerprint density at radius 1 is 1.20 bits per heavy atom. The van der Waals surface area contributed by atoms with Gasteiger partial charge >= 0.3 is 6.09 Å². The Morgan fingerprint density at radius 2 is 1.72 bits per heavy atom. The van der Waals surface area contributed by atoms with Crippen LogP contribution in [0.3, 0.4) is 0 Å². The smallest absolute Gasteiger partial charge is 0.410 e. The normalized spacial score (nSPS) is 17.0. The SMILES string of the molecule is CN(C1CCN(C(=O)OC(C)(C)C)CC1)S(=O)(=O)c1ccc(Br)cc1. The number of piperidine rings is 1. The Kier molecular flexibility index (Phi) is 6.17. The first-order chi connectivity index (χ1) is 11.5. The first-order valence-electron chi connectivity index (χ1n) is 8.22. The largest absolute Gasteiger partial charge is 0.444 e. The minimum atomic E-state index is -3.54. The Labute approximate surface area is 158 Å². The zero-order valence-electron chi connectivity index (χ0n) is 15.0. The van der Waals surface area contributed by atoms with Crippen LogP contribution in [-0.2, 0) is 14.8 Å². The molecule has 1 aromatic carbocycles. The van der Waals surface area contributed by atoms with Crippen molar-refractivity contribution in [3.05, 3.63) is 28.7 Å². The first-order valence-corrected chi connectivity index (χ1v) is 10.5. The van der Waals surface area contributed by atoms with Crippen LogP contribution >= 0.6 is 15.9 Å². The predicted molar refractivity (Wildman–Crippen MR) is 99.9 cm³/mol. The number of ether oxygens (including phenoxy) is 1. The van der Waals surface area contributed by atoms with E-state index in [1.165, 1.54) is 4.31 Å². The quantitative estimate of drug-likeness (QED) is 0.732. The van der Waals surface area contributed by atoms with Gasteiger partial charge in [0.15, 0.2) is 0 Å². The summed E-state index contributed by atoms with van der Waals surface area (Å²) in [6.45, 7) is 6.46. The molecule has 0 spiro atoms. The number of nitrogens with zero attached hydrogens (tertiary/aromatic N) is 2. The van der Waals surface area contributed by atoms with Gasteiger partial charge in [0.1, 0.15) is 5.60 Å². The third-order valence-corrected chi connectivity index (χ3v) is 6.57. The number of carbonyl (C=O) groups is 1. The van der Waals surface area contributed by atoms with E-state index in [0.29, 0.717) is 25.9 Å². The standard InChI is InChI=1S/C17H25BrN2O4S/c1-17(2,3)24-16(21)20-11-9-14(10-12-20)19(4)25(22,23)15-7-5-13(18)6-8-15/h5-8,14H,9-12H2,1-4H3. The molecule has 140 valence electrons. The van der Waals surface area contributed by atoms with Gasteiger partial charge in [0.2, 0.25) is 10.0 Å². The van der Waals surface area contributed by atoms with Crippen LogP contribution in [0.2, 0.25) is 0 Å². The number of benzene rings is 1. The summed E-state index contributed by atoms with van der Waals surface area (Å²) in [7, 11) is -1.94. The van der Waals surface area contributed by atoms with Crippen molar-refractivity contribution < 1.29 is 17.9 Å². The molecule has 0 aromatic heterocycles. The fraction of sp³-hybridized carbons (Fsp3) is 0.588. The molecule has 0 aliphatic carbocycles. The number of hydrogen-bond donors (Lipinski definition) is 0. The fourth-order valence-electron chi connectivity index (χ4n) is 2.71. The molecule has 2 rings (SSSR count). The van der Waals surface area contributed by atoms with Gasteiger partial charge in [0.25, 0.3) is 0 Å². The van der Waals surface area contributed by atoms with Crippen molar-refractivity contribution in [2.45, 2.75) is 50.2 Å². The van der Waals surface area contributed by atoms with Crippen LogP contribution in [0.5, 0.6) is 0 Å². The molecule has 1 saturated heterocycles. The molecule has 0 unspecified atom stereocenters. The van der Waals surface area contributed by atoms with Gasteiger partial charge in [-0.25, -0.2) is 13.2 Å². The topological polar surface area (TPSA) is 66.9 Å². The highest BCUT2D eigenvalue weighted by Gasteiger charge is 2.33. The summed E-state index contributed by atoms with van der Waals surface area (Å²) < 4.78 is 33.1. The fourth-order valence-corrected chi connectivity index (χ4v) is 4.39. The summed E-state index contributed by atoms with van der Waals surface area (Å²) >= 11 is 3.31. The van der Waals surface area contributed by atoms with Gasteiger partial charge < -0.3 is 9.64 Å². The van der Waals surface area contributed by atoms with Crippen molar-refractivity contribution in [1.82, 2.24) is 9.21 Å². The van der Waals surface area contributed by atoms with Crippen molar-refractivity contribution in [1.29, 1.82) is 0 Å². The average molecular weight is 433 g/mol. The van der Waals surface area contributed by atoms with E-state index in [1.807, 2.05) is 20.8 Å². The number of amides is 1. The van der Waals surface area contributed by atoms with Crippen LogP contribution < -0.4 is 0 Å². The number of carbonyl (C=O) groups excluding carboxylic acids is 1. The number of hydrogen-bond acceptors (Lipinski definition) is 4. The highest BCUT2D eigenvalue weighted by molar-refractivity contribution is 9.10. The highest BCUT2D eigenvalue weighted by atomic mass is 79.9. The molecule has 1 aliphatic rings. The van der Waals surface area contributed by atoms with Crippen LogP contribution in [0.15, 0.2) is 33.6 Å². The van der Waals surface area contributed by atoms with E-state index in [2.05, 4.69) is 15.9 Å². The number of sulfonamides is 1. The molecule has 0 N–H and O–H groups in total. The van der Waals surface area contributed by atoms with Gasteiger partial charge in [-0.15, -0.1) is 0 Å². The van der Waals surface area contributed by atoms with Crippen LogP contribution in [0.4, 0.5) is 4.79 Å². The lowest BCUT2D eigenvalue weighted by Crippen LogP contribution is -2.48. The van der Waals surface area contributed by atoms with Gasteiger partial charge in [-0.05, 0) is 57.9 Å². The molecule has 0 atom stereocenters. The average Bonchev–Trinajstić information content (AvgIpc) is 2.53. The molecular weight excluding hydrogens is 408 g/mol. The summed E-state index contributed by atoms with van der Waals surface area (Å²) in [6.07, 6.45) is 0.834. The Balaban J connectivity index is 2.00. The zero-order valence-corrected chi connectivity index (χ0v) is 17.4. The van der Waals surface area contributed by atoms with Gasteiger partial charge in [0.05, 0.1) is 4.90 Å². The molecule has 0 bridgehead atoms. The molecule has 1 fully saturated rings. The van der Waals surface area contributed by atoms with Gasteiger partial charge in [-0.3, -0.25) is 0 Å². The maximum atomic E-state index is 12.8. The summed E-state index contributed by atoms with van der Waals surface area (Å²) in [5.41, 5.74) is -0.532. The van der Waals surface area contributed by atoms with E-state index in [-0.39, 0.29) is 17.0 Å². The van der Waals surface area contributed by atoms with E-state index in [1.54, 1.807) is 36.2 Å². The van der Waals surface area contributed by atoms with Crippen LogP contribution in [0, 0.1) is 0 Å². The molecule has 6 nitrogen and oxygen atoms in total. The van der Waals surface area contributed by atoms with Crippen LogP contribution in [0.25, 0.3) is 0 Å². The van der Waals surface area contributed by atoms with Crippen molar-refractivity contribution in [3.63, 3.8) is 0 Å². The maximum absolute atomic E-state index is 12.8. The second-order valence-corrected chi connectivity index (χ2v) is 10.1. The second-order valence-electron chi connectivity index (χ2n) is 7.17. The third-order valence-electron chi connectivity index (χ3n) is 4.12. The van der Waals surface area contributed by atoms with Crippen molar-refractivity contribution in [2.75, 3.05) is 20.1 Å². The van der Waals surface area contributed by atoms with Gasteiger partial charge in [-0.2, -0.15) is 4.31 Å². The number of rotatable bonds is 3. The third kappa shape index (κ3) is 5.18. The number of likely N-dealkylation sites (tertiary alicyclic amines) is 1. The molecule has 1 aromatic rings. The summed E-state index contributed by atoms with van der Waals surface area (Å²) in [6, 6.07) is 6.47. The second kappa shape index (κ2) is 7.63. The highest BCUT2D eigenvalue weighted by Crippen LogP contribution is 2.24. The minimum Gasteiger partial charge on any atom is -0.444 e. The Hall–Kier alpha value is -1.12. The van der Waals surface area contributed by atoms with Crippen molar-refractivity contribution >= 4 is 32.0 Å². The summed E-state index contributed by atoms with van der Waals surface area (Å²) in [4.78, 5) is 14.0. The molecule has 25 heavy (non-hydrogen) atoms. The lowest BCUT2D eigenvalue weighted by molar-refractivity contribution is 0.0183. The van der Waals surface area contributed by atoms with Crippen LogP contribution in [0.1, 0.15) is 33.6 Å². The molecule has 0 saturated carbocycles. The van der Waals surface area contributed by atoms with E-state index >= 15 is 0 Å². The molecule has 8 heteroatoms. The Morgan fingerprint density at radius 3 is 2.20 bits per heavy atom. The molecule has 1 amide bonds. The van der Waals surface area contributed by atoms with E-state index in [0.717, 1.165) is 4.47 Å².